The minimum absolute atomic E-state index is 0.176. The lowest BCUT2D eigenvalue weighted by atomic mass is 10.4. The van der Waals surface area contributed by atoms with Crippen molar-refractivity contribution in [3.8, 4) is 0 Å². The highest BCUT2D eigenvalue weighted by Crippen LogP contribution is 2.02. The van der Waals surface area contributed by atoms with Crippen LogP contribution < -0.4 is 0 Å². The topological polar surface area (TPSA) is 65.0 Å². The van der Waals surface area contributed by atoms with Gasteiger partial charge in [0, 0.05) is 33.4 Å². The normalized spacial score (nSPS) is 10.1. The Morgan fingerprint density at radius 3 is 1.43 bits per heavy atom. The van der Waals surface area contributed by atoms with Crippen molar-refractivity contribution < 1.29 is 23.2 Å². The van der Waals surface area contributed by atoms with Crippen LogP contribution in [-0.2, 0) is 18.1 Å². The van der Waals surface area contributed by atoms with Gasteiger partial charge in [0.1, 0.15) is 0 Å². The van der Waals surface area contributed by atoms with E-state index in [0.29, 0.717) is 0 Å². The zero-order chi connectivity index (χ0) is 11.8. The Morgan fingerprint density at radius 1 is 1.21 bits per heavy atom. The monoisotopic (exact) mass is 222 g/mol. The average molecular weight is 222 g/mol. The standard InChI is InChI=1S/C4H12O3Si.C4H6O2/c1-5-8(4,6-2)7-3;1-3(2)4(5)6/h1-4H3;1H2,2H3,(H,5,6). The van der Waals surface area contributed by atoms with Crippen LogP contribution in [0.2, 0.25) is 6.55 Å². The maximum absolute atomic E-state index is 9.60. The van der Waals surface area contributed by atoms with Crippen LogP contribution >= 0.6 is 0 Å². The second kappa shape index (κ2) is 7.69. The van der Waals surface area contributed by atoms with Gasteiger partial charge in [-0.25, -0.2) is 4.79 Å². The summed E-state index contributed by atoms with van der Waals surface area (Å²) in [6.45, 7) is 6.43. The van der Waals surface area contributed by atoms with Crippen LogP contribution in [0.25, 0.3) is 0 Å². The first-order valence-corrected chi connectivity index (χ1v) is 6.09. The Balaban J connectivity index is 0. The Labute approximate surface area is 85.7 Å². The highest BCUT2D eigenvalue weighted by atomic mass is 28.4. The van der Waals surface area contributed by atoms with Gasteiger partial charge in [0.2, 0.25) is 0 Å². The molecule has 5 nitrogen and oxygen atoms in total. The molecule has 84 valence electrons. The van der Waals surface area contributed by atoms with Gasteiger partial charge < -0.3 is 18.4 Å². The summed E-state index contributed by atoms with van der Waals surface area (Å²) >= 11 is 0. The molecule has 0 spiro atoms. The number of hydrogen-bond donors (Lipinski definition) is 1. The van der Waals surface area contributed by atoms with Crippen molar-refractivity contribution in [2.75, 3.05) is 21.3 Å². The third-order valence-electron chi connectivity index (χ3n) is 1.48. The van der Waals surface area contributed by atoms with Gasteiger partial charge >= 0.3 is 14.8 Å². The largest absolute Gasteiger partial charge is 0.496 e. The molecule has 0 aromatic rings. The van der Waals surface area contributed by atoms with E-state index >= 15 is 0 Å². The Morgan fingerprint density at radius 2 is 1.43 bits per heavy atom. The smallest absolute Gasteiger partial charge is 0.478 e. The summed E-state index contributed by atoms with van der Waals surface area (Å²) in [5.41, 5.74) is 0.176. The van der Waals surface area contributed by atoms with Gasteiger partial charge in [-0.15, -0.1) is 0 Å². The van der Waals surface area contributed by atoms with Crippen LogP contribution in [0, 0.1) is 0 Å². The molecular weight excluding hydrogens is 204 g/mol. The fourth-order valence-electron chi connectivity index (χ4n) is 0.250. The molecule has 0 amide bonds. The molecule has 0 heterocycles. The van der Waals surface area contributed by atoms with Crippen LogP contribution in [0.3, 0.4) is 0 Å². The van der Waals surface area contributed by atoms with E-state index in [1.54, 1.807) is 21.3 Å². The SMILES string of the molecule is C=C(C)C(=O)O.CO[Si](C)(OC)OC. The van der Waals surface area contributed by atoms with Gasteiger partial charge in [-0.1, -0.05) is 6.58 Å². The number of carbonyl (C=O) groups is 1. The zero-order valence-corrected chi connectivity index (χ0v) is 10.3. The van der Waals surface area contributed by atoms with Crippen LogP contribution in [0.1, 0.15) is 6.92 Å². The minimum Gasteiger partial charge on any atom is -0.478 e. The predicted octanol–water partition coefficient (Wildman–Crippen LogP) is 1.14. The molecule has 0 aliphatic rings. The lowest BCUT2D eigenvalue weighted by Crippen LogP contribution is -2.38. The first-order chi connectivity index (χ1) is 6.32. The van der Waals surface area contributed by atoms with Crippen molar-refractivity contribution in [2.45, 2.75) is 13.5 Å². The van der Waals surface area contributed by atoms with Crippen LogP contribution in [0.5, 0.6) is 0 Å². The van der Waals surface area contributed by atoms with E-state index in [0.717, 1.165) is 0 Å². The van der Waals surface area contributed by atoms with E-state index in [1.807, 2.05) is 6.55 Å². The number of rotatable bonds is 4. The summed E-state index contributed by atoms with van der Waals surface area (Å²) in [6.07, 6.45) is 0. The molecule has 0 saturated heterocycles. The third-order valence-corrected chi connectivity index (χ3v) is 3.70. The second-order valence-corrected chi connectivity index (χ2v) is 5.51. The lowest BCUT2D eigenvalue weighted by Gasteiger charge is -2.18. The van der Waals surface area contributed by atoms with Crippen LogP contribution in [0.15, 0.2) is 12.2 Å². The molecular formula is C8H18O5Si. The molecule has 1 N–H and O–H groups in total. The Kier molecular flexibility index (Phi) is 8.66. The molecule has 0 aromatic carbocycles. The van der Waals surface area contributed by atoms with E-state index in [-0.39, 0.29) is 5.57 Å². The first kappa shape index (κ1) is 15.8. The van der Waals surface area contributed by atoms with E-state index < -0.39 is 14.8 Å². The number of carboxylic acid groups (broad SMARTS) is 1. The maximum atomic E-state index is 9.60. The van der Waals surface area contributed by atoms with Crippen molar-refractivity contribution in [1.29, 1.82) is 0 Å². The molecule has 0 rings (SSSR count). The molecule has 0 aliphatic heterocycles. The van der Waals surface area contributed by atoms with Crippen molar-refractivity contribution >= 4 is 14.8 Å². The summed E-state index contributed by atoms with van der Waals surface area (Å²) in [4.78, 5) is 9.60. The van der Waals surface area contributed by atoms with Crippen molar-refractivity contribution in [3.63, 3.8) is 0 Å². The molecule has 14 heavy (non-hydrogen) atoms. The summed E-state index contributed by atoms with van der Waals surface area (Å²) in [7, 11) is 2.58. The van der Waals surface area contributed by atoms with Crippen LogP contribution in [-0.4, -0.2) is 41.2 Å². The summed E-state index contributed by atoms with van der Waals surface area (Å²) in [6, 6.07) is 0. The van der Waals surface area contributed by atoms with E-state index in [4.69, 9.17) is 18.4 Å². The molecule has 0 aliphatic carbocycles. The fourth-order valence-corrected chi connectivity index (χ4v) is 0.750. The number of carboxylic acids is 1. The maximum Gasteiger partial charge on any atom is 0.496 e. The molecule has 0 bridgehead atoms. The molecule has 0 aromatic heterocycles. The van der Waals surface area contributed by atoms with Gasteiger partial charge in [0.15, 0.2) is 0 Å². The number of hydrogen-bond acceptors (Lipinski definition) is 4. The molecule has 0 saturated carbocycles. The van der Waals surface area contributed by atoms with Crippen LogP contribution in [0.4, 0.5) is 0 Å². The fraction of sp³-hybridized carbons (Fsp3) is 0.625. The first-order valence-electron chi connectivity index (χ1n) is 3.87. The summed E-state index contributed by atoms with van der Waals surface area (Å²) in [5, 5.41) is 7.89. The number of aliphatic carboxylic acids is 1. The summed E-state index contributed by atoms with van der Waals surface area (Å²) < 4.78 is 14.8. The summed E-state index contributed by atoms with van der Waals surface area (Å²) in [5.74, 6) is -0.935. The molecule has 6 heteroatoms. The van der Waals surface area contributed by atoms with Gasteiger partial charge in [0.05, 0.1) is 0 Å². The highest BCUT2D eigenvalue weighted by molar-refractivity contribution is 6.58. The van der Waals surface area contributed by atoms with Gasteiger partial charge in [0.25, 0.3) is 0 Å². The van der Waals surface area contributed by atoms with E-state index in [1.165, 1.54) is 6.92 Å². The molecule has 0 fully saturated rings. The Bertz CT molecular complexity index is 168. The van der Waals surface area contributed by atoms with E-state index in [2.05, 4.69) is 6.58 Å². The van der Waals surface area contributed by atoms with Gasteiger partial charge in [-0.2, -0.15) is 0 Å². The molecule has 0 radical (unpaired) electrons. The zero-order valence-electron chi connectivity index (χ0n) is 9.29. The van der Waals surface area contributed by atoms with Crippen molar-refractivity contribution in [3.05, 3.63) is 12.2 Å². The van der Waals surface area contributed by atoms with Gasteiger partial charge in [-0.05, 0) is 6.92 Å². The average Bonchev–Trinajstić information content (AvgIpc) is 2.17. The van der Waals surface area contributed by atoms with Crippen molar-refractivity contribution in [2.24, 2.45) is 0 Å². The molecule has 0 atom stereocenters. The van der Waals surface area contributed by atoms with E-state index in [9.17, 15) is 4.79 Å². The molecule has 0 unspecified atom stereocenters. The quantitative estimate of drug-likeness (QED) is 0.571. The highest BCUT2D eigenvalue weighted by Gasteiger charge is 2.29. The minimum atomic E-state index is -2.17. The lowest BCUT2D eigenvalue weighted by molar-refractivity contribution is -0.132. The predicted molar refractivity (Wildman–Crippen MR) is 55.1 cm³/mol. The Hall–Kier alpha value is -0.693. The van der Waals surface area contributed by atoms with Crippen molar-refractivity contribution in [1.82, 2.24) is 0 Å². The second-order valence-electron chi connectivity index (χ2n) is 2.56. The third kappa shape index (κ3) is 7.93. The van der Waals surface area contributed by atoms with Gasteiger partial charge in [-0.3, -0.25) is 0 Å².